The van der Waals surface area contributed by atoms with Gasteiger partial charge in [0.15, 0.2) is 28.1 Å². The Bertz CT molecular complexity index is 1520. The summed E-state index contributed by atoms with van der Waals surface area (Å²) in [6.07, 6.45) is 3.26. The van der Waals surface area contributed by atoms with Crippen LogP contribution in [0.4, 0.5) is 5.13 Å². The van der Waals surface area contributed by atoms with Crippen molar-refractivity contribution in [1.29, 1.82) is 0 Å². The van der Waals surface area contributed by atoms with E-state index in [0.29, 0.717) is 35.4 Å². The zero-order valence-corrected chi connectivity index (χ0v) is 22.2. The number of fused-ring (bicyclic) bond motifs is 1. The highest BCUT2D eigenvalue weighted by atomic mass is 32.1. The minimum Gasteiger partial charge on any atom is -0.503 e. The number of amides is 1. The van der Waals surface area contributed by atoms with E-state index in [4.69, 9.17) is 13.9 Å². The molecule has 3 heterocycles. The van der Waals surface area contributed by atoms with Gasteiger partial charge in [-0.2, -0.15) is 0 Å². The van der Waals surface area contributed by atoms with Gasteiger partial charge in [0, 0.05) is 0 Å². The number of ether oxygens (including phenoxy) is 2. The van der Waals surface area contributed by atoms with E-state index in [1.165, 1.54) is 28.6 Å². The number of aromatic nitrogens is 1. The van der Waals surface area contributed by atoms with Crippen molar-refractivity contribution in [2.24, 2.45) is 0 Å². The Balaban J connectivity index is 1.64. The monoisotopic (exact) mass is 532 g/mol. The molecule has 0 fully saturated rings. The number of unbranched alkanes of at least 4 members (excludes halogenated alkanes) is 1. The molecule has 0 bridgehead atoms. The smallest absolute Gasteiger partial charge is 0.296 e. The molecule has 1 amide bonds. The Morgan fingerprint density at radius 3 is 2.71 bits per heavy atom. The van der Waals surface area contributed by atoms with Crippen LogP contribution in [0.15, 0.2) is 70.5 Å². The van der Waals surface area contributed by atoms with E-state index in [9.17, 15) is 14.7 Å². The van der Waals surface area contributed by atoms with Crippen LogP contribution >= 0.6 is 11.3 Å². The summed E-state index contributed by atoms with van der Waals surface area (Å²) in [5.41, 5.74) is 2.27. The van der Waals surface area contributed by atoms with E-state index in [1.54, 1.807) is 24.3 Å². The number of nitrogens with zero attached hydrogens (tertiary/aromatic N) is 2. The SMILES string of the molecule is CCCCOc1ccc(C2C(C(=O)c3ccco3)=C(O)C(=O)N2c2nc3ccc(C)cc3s2)cc1OCC. The standard InChI is InChI=1S/C29H28N2O6S/c1-4-6-13-36-20-12-10-18(16-22(20)35-5-2)25-24(26(32)21-8-7-14-37-21)27(33)28(34)31(25)29-30-19-11-9-17(3)15-23(19)38-29/h7-12,14-16,25,33H,4-6,13H2,1-3H3. The molecule has 1 N–H and O–H groups in total. The summed E-state index contributed by atoms with van der Waals surface area (Å²) in [5, 5.41) is 11.4. The summed E-state index contributed by atoms with van der Waals surface area (Å²) in [4.78, 5) is 33.1. The lowest BCUT2D eigenvalue weighted by molar-refractivity contribution is -0.117. The number of rotatable bonds is 10. The number of aryl methyl sites for hydroxylation is 1. The quantitative estimate of drug-likeness (QED) is 0.182. The maximum Gasteiger partial charge on any atom is 0.296 e. The maximum atomic E-state index is 13.5. The second-order valence-corrected chi connectivity index (χ2v) is 9.96. The molecule has 4 aromatic rings. The third-order valence-corrected chi connectivity index (χ3v) is 7.29. The van der Waals surface area contributed by atoms with Crippen molar-refractivity contribution in [3.05, 3.63) is 83.0 Å². The fourth-order valence-corrected chi connectivity index (χ4v) is 5.51. The van der Waals surface area contributed by atoms with Crippen molar-refractivity contribution in [1.82, 2.24) is 4.98 Å². The minimum absolute atomic E-state index is 0.0238. The molecule has 2 aromatic heterocycles. The molecular weight excluding hydrogens is 504 g/mol. The van der Waals surface area contributed by atoms with Gasteiger partial charge in [0.25, 0.3) is 5.91 Å². The molecule has 2 aromatic carbocycles. The fraction of sp³-hybridized carbons (Fsp3) is 0.276. The van der Waals surface area contributed by atoms with Crippen molar-refractivity contribution in [2.45, 2.75) is 39.7 Å². The molecular formula is C29H28N2O6S. The zero-order valence-electron chi connectivity index (χ0n) is 21.4. The van der Waals surface area contributed by atoms with Crippen LogP contribution in [0, 0.1) is 6.92 Å². The van der Waals surface area contributed by atoms with Gasteiger partial charge in [-0.05, 0) is 67.8 Å². The van der Waals surface area contributed by atoms with Crippen LogP contribution in [0.2, 0.25) is 0 Å². The number of furan rings is 1. The number of ketones is 1. The summed E-state index contributed by atoms with van der Waals surface area (Å²) < 4.78 is 18.0. The molecule has 0 saturated carbocycles. The molecule has 0 saturated heterocycles. The minimum atomic E-state index is -0.953. The molecule has 1 aliphatic heterocycles. The summed E-state index contributed by atoms with van der Waals surface area (Å²) >= 11 is 1.32. The summed E-state index contributed by atoms with van der Waals surface area (Å²) in [7, 11) is 0. The van der Waals surface area contributed by atoms with Gasteiger partial charge >= 0.3 is 0 Å². The van der Waals surface area contributed by atoms with Crippen molar-refractivity contribution in [3.8, 4) is 11.5 Å². The molecule has 196 valence electrons. The average Bonchev–Trinajstić information content (AvgIpc) is 3.64. The molecule has 0 radical (unpaired) electrons. The van der Waals surface area contributed by atoms with E-state index < -0.39 is 23.5 Å². The summed E-state index contributed by atoms with van der Waals surface area (Å²) in [5.74, 6) is -0.829. The van der Waals surface area contributed by atoms with Gasteiger partial charge < -0.3 is 19.0 Å². The molecule has 5 rings (SSSR count). The van der Waals surface area contributed by atoms with Crippen LogP contribution in [0.3, 0.4) is 0 Å². The Kier molecular flexibility index (Phi) is 7.20. The Labute approximate surface area is 224 Å². The van der Waals surface area contributed by atoms with E-state index in [-0.39, 0.29) is 11.3 Å². The van der Waals surface area contributed by atoms with E-state index in [0.717, 1.165) is 28.6 Å². The Morgan fingerprint density at radius 2 is 1.97 bits per heavy atom. The van der Waals surface area contributed by atoms with Crippen molar-refractivity contribution in [2.75, 3.05) is 18.1 Å². The number of hydrogen-bond acceptors (Lipinski definition) is 8. The van der Waals surface area contributed by atoms with Crippen LogP contribution in [0.5, 0.6) is 11.5 Å². The van der Waals surface area contributed by atoms with Gasteiger partial charge in [-0.1, -0.05) is 36.8 Å². The number of thiazole rings is 1. The third-order valence-electron chi connectivity index (χ3n) is 6.28. The number of carbonyl (C=O) groups is 2. The second kappa shape index (κ2) is 10.7. The van der Waals surface area contributed by atoms with Crippen molar-refractivity contribution >= 4 is 38.4 Å². The van der Waals surface area contributed by atoms with Gasteiger partial charge in [-0.3, -0.25) is 14.5 Å². The number of anilines is 1. The topological polar surface area (TPSA) is 102 Å². The van der Waals surface area contributed by atoms with Gasteiger partial charge in [0.1, 0.15) is 0 Å². The molecule has 1 atom stereocenters. The second-order valence-electron chi connectivity index (χ2n) is 8.96. The van der Waals surface area contributed by atoms with Gasteiger partial charge in [0.05, 0.1) is 41.3 Å². The van der Waals surface area contributed by atoms with E-state index in [2.05, 4.69) is 11.9 Å². The first-order valence-electron chi connectivity index (χ1n) is 12.5. The van der Waals surface area contributed by atoms with Crippen LogP contribution < -0.4 is 14.4 Å². The lowest BCUT2D eigenvalue weighted by Gasteiger charge is -2.25. The highest BCUT2D eigenvalue weighted by molar-refractivity contribution is 7.22. The predicted octanol–water partition coefficient (Wildman–Crippen LogP) is 6.56. The van der Waals surface area contributed by atoms with Gasteiger partial charge in [-0.25, -0.2) is 4.98 Å². The van der Waals surface area contributed by atoms with Crippen molar-refractivity contribution in [3.63, 3.8) is 0 Å². The first kappa shape index (κ1) is 25.5. The predicted molar refractivity (Wildman–Crippen MR) is 145 cm³/mol. The molecule has 38 heavy (non-hydrogen) atoms. The Hall–Kier alpha value is -4.11. The van der Waals surface area contributed by atoms with Crippen LogP contribution in [-0.2, 0) is 4.79 Å². The number of Topliss-reactive ketones (excluding diaryl/α,β-unsaturated/α-hetero) is 1. The van der Waals surface area contributed by atoms with E-state index in [1.807, 2.05) is 32.0 Å². The van der Waals surface area contributed by atoms with Crippen LogP contribution in [0.25, 0.3) is 10.2 Å². The van der Waals surface area contributed by atoms with Crippen molar-refractivity contribution < 1.29 is 28.6 Å². The molecule has 1 unspecified atom stereocenters. The number of aliphatic hydroxyl groups is 1. The largest absolute Gasteiger partial charge is 0.503 e. The zero-order chi connectivity index (χ0) is 26.8. The van der Waals surface area contributed by atoms with Crippen LogP contribution in [0.1, 0.15) is 54.4 Å². The number of benzene rings is 2. The molecule has 0 aliphatic carbocycles. The normalized spacial score (nSPS) is 15.5. The molecule has 0 spiro atoms. The van der Waals surface area contributed by atoms with E-state index >= 15 is 0 Å². The maximum absolute atomic E-state index is 13.5. The highest BCUT2D eigenvalue weighted by Crippen LogP contribution is 2.45. The number of aliphatic hydroxyl groups excluding tert-OH is 1. The molecule has 1 aliphatic rings. The lowest BCUT2D eigenvalue weighted by atomic mass is 9.95. The molecule has 8 nitrogen and oxygen atoms in total. The fourth-order valence-electron chi connectivity index (χ4n) is 4.42. The number of hydrogen-bond donors (Lipinski definition) is 1. The number of carbonyl (C=O) groups excluding carboxylic acids is 2. The van der Waals surface area contributed by atoms with Crippen LogP contribution in [-0.4, -0.2) is 35.0 Å². The summed E-state index contributed by atoms with van der Waals surface area (Å²) in [6, 6.07) is 13.3. The molecule has 9 heteroatoms. The van der Waals surface area contributed by atoms with Gasteiger partial charge in [-0.15, -0.1) is 0 Å². The highest BCUT2D eigenvalue weighted by Gasteiger charge is 2.46. The first-order chi connectivity index (χ1) is 18.4. The first-order valence-corrected chi connectivity index (χ1v) is 13.4. The average molecular weight is 533 g/mol. The Morgan fingerprint density at radius 1 is 1.13 bits per heavy atom. The third kappa shape index (κ3) is 4.65. The summed E-state index contributed by atoms with van der Waals surface area (Å²) in [6.45, 7) is 6.88. The lowest BCUT2D eigenvalue weighted by Crippen LogP contribution is -2.31. The van der Waals surface area contributed by atoms with Gasteiger partial charge in [0.2, 0.25) is 5.78 Å².